The average molecular weight is 426 g/mol. The van der Waals surface area contributed by atoms with Crippen molar-refractivity contribution >= 4 is 57.5 Å². The molecular weight excluding hydrogens is 402 g/mol. The Balaban J connectivity index is 1.37. The summed E-state index contributed by atoms with van der Waals surface area (Å²) in [5.74, 6) is -0.160. The topological polar surface area (TPSA) is 61.9 Å². The number of morpholine rings is 1. The van der Waals surface area contributed by atoms with Gasteiger partial charge in [-0.25, -0.2) is 0 Å². The SMILES string of the molecule is O=C(CCN1C(=O)/C(=C/c2cccs2)SC1=S)NCCCN1CCOCC1. The summed E-state index contributed by atoms with van der Waals surface area (Å²) in [6.07, 6.45) is 3.03. The molecule has 0 aliphatic carbocycles. The molecule has 0 aromatic carbocycles. The number of ether oxygens (including phenoxy) is 1. The van der Waals surface area contributed by atoms with Gasteiger partial charge in [0.15, 0.2) is 0 Å². The fourth-order valence-electron chi connectivity index (χ4n) is 2.85. The molecule has 1 aromatic rings. The summed E-state index contributed by atoms with van der Waals surface area (Å²) in [7, 11) is 0. The number of amides is 2. The lowest BCUT2D eigenvalue weighted by Gasteiger charge is -2.26. The van der Waals surface area contributed by atoms with Crippen molar-refractivity contribution in [3.63, 3.8) is 0 Å². The van der Waals surface area contributed by atoms with Crippen LogP contribution in [0.1, 0.15) is 17.7 Å². The van der Waals surface area contributed by atoms with Crippen LogP contribution in [0.15, 0.2) is 22.4 Å². The molecule has 1 N–H and O–H groups in total. The maximum absolute atomic E-state index is 12.5. The number of rotatable bonds is 8. The molecule has 0 radical (unpaired) electrons. The minimum Gasteiger partial charge on any atom is -0.379 e. The van der Waals surface area contributed by atoms with Crippen LogP contribution < -0.4 is 5.32 Å². The van der Waals surface area contributed by atoms with Crippen LogP contribution in [0.2, 0.25) is 0 Å². The predicted molar refractivity (Wildman–Crippen MR) is 114 cm³/mol. The number of hydrogen-bond donors (Lipinski definition) is 1. The zero-order valence-electron chi connectivity index (χ0n) is 15.0. The maximum atomic E-state index is 12.5. The van der Waals surface area contributed by atoms with E-state index in [0.717, 1.165) is 44.1 Å². The third kappa shape index (κ3) is 6.11. The zero-order chi connectivity index (χ0) is 19.1. The lowest BCUT2D eigenvalue weighted by molar-refractivity contribution is -0.123. The van der Waals surface area contributed by atoms with E-state index < -0.39 is 0 Å². The highest BCUT2D eigenvalue weighted by atomic mass is 32.2. The van der Waals surface area contributed by atoms with E-state index in [-0.39, 0.29) is 18.2 Å². The van der Waals surface area contributed by atoms with Gasteiger partial charge in [-0.05, 0) is 30.5 Å². The van der Waals surface area contributed by atoms with E-state index in [1.54, 1.807) is 11.3 Å². The summed E-state index contributed by atoms with van der Waals surface area (Å²) in [4.78, 5) is 30.1. The Morgan fingerprint density at radius 2 is 2.15 bits per heavy atom. The van der Waals surface area contributed by atoms with Gasteiger partial charge in [0.05, 0.1) is 18.1 Å². The first-order valence-electron chi connectivity index (χ1n) is 8.99. The Labute approximate surface area is 172 Å². The molecule has 2 amide bonds. The molecule has 0 bridgehead atoms. The molecule has 0 atom stereocenters. The van der Waals surface area contributed by atoms with Gasteiger partial charge in [0.2, 0.25) is 5.91 Å². The van der Waals surface area contributed by atoms with Crippen molar-refractivity contribution in [1.82, 2.24) is 15.1 Å². The number of hydrogen-bond acceptors (Lipinski definition) is 7. The van der Waals surface area contributed by atoms with Crippen molar-refractivity contribution in [2.24, 2.45) is 0 Å². The van der Waals surface area contributed by atoms with Gasteiger partial charge in [-0.2, -0.15) is 0 Å². The summed E-state index contributed by atoms with van der Waals surface area (Å²) >= 11 is 8.18. The van der Waals surface area contributed by atoms with E-state index in [0.29, 0.717) is 22.3 Å². The first-order valence-corrected chi connectivity index (χ1v) is 11.1. The Hall–Kier alpha value is -1.26. The summed E-state index contributed by atoms with van der Waals surface area (Å²) in [5, 5.41) is 4.89. The van der Waals surface area contributed by atoms with Crippen molar-refractivity contribution in [3.8, 4) is 0 Å². The number of nitrogens with one attached hydrogen (secondary N) is 1. The normalized spacial score (nSPS) is 19.9. The van der Waals surface area contributed by atoms with E-state index in [4.69, 9.17) is 17.0 Å². The van der Waals surface area contributed by atoms with Crippen LogP contribution in [0, 0.1) is 0 Å². The summed E-state index contributed by atoms with van der Waals surface area (Å²) in [6, 6.07) is 3.90. The van der Waals surface area contributed by atoms with Gasteiger partial charge < -0.3 is 10.1 Å². The summed E-state index contributed by atoms with van der Waals surface area (Å²) < 4.78 is 5.84. The van der Waals surface area contributed by atoms with E-state index in [2.05, 4.69) is 10.2 Å². The number of thiocarbonyl (C=S) groups is 1. The first kappa shape index (κ1) is 20.5. The Morgan fingerprint density at radius 1 is 1.33 bits per heavy atom. The molecule has 0 unspecified atom stereocenters. The van der Waals surface area contributed by atoms with Crippen molar-refractivity contribution in [2.75, 3.05) is 45.9 Å². The average Bonchev–Trinajstić information content (AvgIpc) is 3.27. The lowest BCUT2D eigenvalue weighted by atomic mass is 10.3. The smallest absolute Gasteiger partial charge is 0.266 e. The number of nitrogens with zero attached hydrogens (tertiary/aromatic N) is 2. The van der Waals surface area contributed by atoms with Crippen LogP contribution in [0.4, 0.5) is 0 Å². The second-order valence-electron chi connectivity index (χ2n) is 6.26. The predicted octanol–water partition coefficient (Wildman–Crippen LogP) is 2.18. The molecule has 6 nitrogen and oxygen atoms in total. The minimum absolute atomic E-state index is 0.0479. The minimum atomic E-state index is -0.112. The van der Waals surface area contributed by atoms with Crippen LogP contribution in [0.3, 0.4) is 0 Å². The number of carbonyl (C=O) groups is 2. The molecule has 2 aliphatic rings. The highest BCUT2D eigenvalue weighted by molar-refractivity contribution is 8.26. The molecule has 9 heteroatoms. The molecule has 0 saturated carbocycles. The molecule has 2 aliphatic heterocycles. The van der Waals surface area contributed by atoms with E-state index in [1.165, 1.54) is 16.7 Å². The maximum Gasteiger partial charge on any atom is 0.266 e. The second kappa shape index (κ2) is 10.3. The van der Waals surface area contributed by atoms with Crippen LogP contribution in [-0.2, 0) is 14.3 Å². The largest absolute Gasteiger partial charge is 0.379 e. The van der Waals surface area contributed by atoms with Gasteiger partial charge >= 0.3 is 0 Å². The lowest BCUT2D eigenvalue weighted by Crippen LogP contribution is -2.38. The van der Waals surface area contributed by atoms with Gasteiger partial charge in [-0.15, -0.1) is 11.3 Å². The first-order chi connectivity index (χ1) is 13.1. The van der Waals surface area contributed by atoms with Crippen molar-refractivity contribution in [2.45, 2.75) is 12.8 Å². The summed E-state index contributed by atoms with van der Waals surface area (Å²) in [5.41, 5.74) is 0. The molecule has 3 heterocycles. The number of thiophene rings is 1. The van der Waals surface area contributed by atoms with Gasteiger partial charge in [-0.1, -0.05) is 30.0 Å². The Bertz CT molecular complexity index is 700. The second-order valence-corrected chi connectivity index (χ2v) is 8.91. The van der Waals surface area contributed by atoms with Gasteiger partial charge in [0.25, 0.3) is 5.91 Å². The van der Waals surface area contributed by atoms with Gasteiger partial charge in [0.1, 0.15) is 4.32 Å². The fraction of sp³-hybridized carbons (Fsp3) is 0.500. The molecule has 146 valence electrons. The molecule has 1 aromatic heterocycles. The Morgan fingerprint density at radius 3 is 2.89 bits per heavy atom. The molecular formula is C18H23N3O3S3. The van der Waals surface area contributed by atoms with E-state index >= 15 is 0 Å². The quantitative estimate of drug-likeness (QED) is 0.391. The molecule has 2 saturated heterocycles. The van der Waals surface area contributed by atoms with Crippen molar-refractivity contribution < 1.29 is 14.3 Å². The van der Waals surface area contributed by atoms with Crippen LogP contribution >= 0.6 is 35.3 Å². The highest BCUT2D eigenvalue weighted by Crippen LogP contribution is 2.33. The molecule has 3 rings (SSSR count). The fourth-order valence-corrected chi connectivity index (χ4v) is 4.88. The van der Waals surface area contributed by atoms with Crippen LogP contribution in [0.25, 0.3) is 6.08 Å². The van der Waals surface area contributed by atoms with E-state index in [9.17, 15) is 9.59 Å². The summed E-state index contributed by atoms with van der Waals surface area (Å²) in [6.45, 7) is 5.43. The Kier molecular flexibility index (Phi) is 7.83. The molecule has 27 heavy (non-hydrogen) atoms. The van der Waals surface area contributed by atoms with Gasteiger partial charge in [0, 0.05) is 37.5 Å². The number of thioether (sulfide) groups is 1. The highest BCUT2D eigenvalue weighted by Gasteiger charge is 2.32. The third-order valence-corrected chi connectivity index (χ3v) is 6.53. The monoisotopic (exact) mass is 425 g/mol. The van der Waals surface area contributed by atoms with Gasteiger partial charge in [-0.3, -0.25) is 19.4 Å². The van der Waals surface area contributed by atoms with Crippen molar-refractivity contribution in [3.05, 3.63) is 27.3 Å². The molecule has 2 fully saturated rings. The zero-order valence-corrected chi connectivity index (χ0v) is 17.5. The van der Waals surface area contributed by atoms with Crippen LogP contribution in [-0.4, -0.2) is 71.9 Å². The van der Waals surface area contributed by atoms with Crippen LogP contribution in [0.5, 0.6) is 0 Å². The van der Waals surface area contributed by atoms with Crippen molar-refractivity contribution in [1.29, 1.82) is 0 Å². The molecule has 0 spiro atoms. The standard InChI is InChI=1S/C18H23N3O3S3/c22-16(19-5-2-6-20-8-10-24-11-9-20)4-7-21-17(23)15(27-18(21)25)13-14-3-1-12-26-14/h1,3,12-13H,2,4-11H2,(H,19,22)/b15-13-. The number of carbonyl (C=O) groups excluding carboxylic acids is 2. The van der Waals surface area contributed by atoms with E-state index in [1.807, 2.05) is 23.6 Å². The third-order valence-electron chi connectivity index (χ3n) is 4.33.